The molecule has 1 atom stereocenters. The number of nitrogens with zero attached hydrogens (tertiary/aromatic N) is 1. The third-order valence-corrected chi connectivity index (χ3v) is 2.89. The second-order valence-corrected chi connectivity index (χ2v) is 4.34. The highest BCUT2D eigenvalue weighted by Gasteiger charge is 2.14. The molecular weight excluding hydrogens is 265 g/mol. The molecule has 1 N–H and O–H groups in total. The van der Waals surface area contributed by atoms with Gasteiger partial charge >= 0.3 is 0 Å². The number of nitrogens with one attached hydrogen (secondary N) is 1. The van der Waals surface area contributed by atoms with Gasteiger partial charge in [-0.25, -0.2) is 13.2 Å². The van der Waals surface area contributed by atoms with Crippen LogP contribution in [-0.4, -0.2) is 0 Å². The molecule has 0 aliphatic rings. The van der Waals surface area contributed by atoms with Crippen LogP contribution in [0.25, 0.3) is 0 Å². The fraction of sp³-hybridized carbons (Fsp3) is 0.133. The second-order valence-electron chi connectivity index (χ2n) is 4.34. The van der Waals surface area contributed by atoms with Crippen LogP contribution in [0.5, 0.6) is 0 Å². The molecule has 0 aliphatic carbocycles. The van der Waals surface area contributed by atoms with Crippen molar-refractivity contribution in [3.63, 3.8) is 0 Å². The zero-order chi connectivity index (χ0) is 14.7. The highest BCUT2D eigenvalue weighted by Crippen LogP contribution is 2.24. The normalized spacial score (nSPS) is 11.8. The first-order valence-electron chi connectivity index (χ1n) is 5.92. The van der Waals surface area contributed by atoms with Gasteiger partial charge in [0.2, 0.25) is 0 Å². The molecule has 0 amide bonds. The Morgan fingerprint density at radius 2 is 1.80 bits per heavy atom. The number of benzene rings is 2. The predicted octanol–water partition coefficient (Wildman–Crippen LogP) is 4.15. The lowest BCUT2D eigenvalue weighted by molar-refractivity contribution is 0.575. The molecule has 2 rings (SSSR count). The first kappa shape index (κ1) is 13.9. The van der Waals surface area contributed by atoms with Crippen molar-refractivity contribution in [2.24, 2.45) is 0 Å². The zero-order valence-corrected chi connectivity index (χ0v) is 10.6. The van der Waals surface area contributed by atoms with Crippen LogP contribution in [0.1, 0.15) is 24.1 Å². The van der Waals surface area contributed by atoms with E-state index in [4.69, 9.17) is 5.26 Å². The molecular formula is C15H11F3N2. The van der Waals surface area contributed by atoms with E-state index in [-0.39, 0.29) is 16.8 Å². The summed E-state index contributed by atoms with van der Waals surface area (Å²) in [6, 6.07) is 8.23. The van der Waals surface area contributed by atoms with E-state index >= 15 is 0 Å². The van der Waals surface area contributed by atoms with E-state index in [1.807, 2.05) is 6.07 Å². The first-order valence-corrected chi connectivity index (χ1v) is 5.92. The molecule has 102 valence electrons. The smallest absolute Gasteiger partial charge is 0.147 e. The lowest BCUT2D eigenvalue weighted by Gasteiger charge is -2.17. The van der Waals surface area contributed by atoms with E-state index in [2.05, 4.69) is 5.32 Å². The summed E-state index contributed by atoms with van der Waals surface area (Å²) < 4.78 is 40.4. The largest absolute Gasteiger partial charge is 0.376 e. The Bertz CT molecular complexity index is 677. The summed E-state index contributed by atoms with van der Waals surface area (Å²) in [4.78, 5) is 0. The van der Waals surface area contributed by atoms with E-state index < -0.39 is 23.5 Å². The quantitative estimate of drug-likeness (QED) is 0.914. The Hall–Kier alpha value is -2.48. The van der Waals surface area contributed by atoms with E-state index in [0.717, 1.165) is 24.3 Å². The van der Waals surface area contributed by atoms with Gasteiger partial charge in [0.05, 0.1) is 23.4 Å². The Balaban J connectivity index is 2.26. The molecule has 0 spiro atoms. The minimum atomic E-state index is -0.618. The molecule has 1 unspecified atom stereocenters. The van der Waals surface area contributed by atoms with Gasteiger partial charge in [-0.15, -0.1) is 0 Å². The van der Waals surface area contributed by atoms with Gasteiger partial charge in [0, 0.05) is 5.56 Å². The molecule has 0 fully saturated rings. The summed E-state index contributed by atoms with van der Waals surface area (Å²) in [5, 5.41) is 11.4. The Labute approximate surface area is 114 Å². The average molecular weight is 276 g/mol. The van der Waals surface area contributed by atoms with Crippen molar-refractivity contribution in [3.05, 3.63) is 65.0 Å². The number of nitriles is 1. The molecule has 2 nitrogen and oxygen atoms in total. The Morgan fingerprint density at radius 1 is 1.05 bits per heavy atom. The lowest BCUT2D eigenvalue weighted by atomic mass is 10.1. The van der Waals surface area contributed by atoms with Crippen LogP contribution in [0.2, 0.25) is 0 Å². The van der Waals surface area contributed by atoms with Crippen LogP contribution >= 0.6 is 0 Å². The number of hydrogen-bond donors (Lipinski definition) is 1. The van der Waals surface area contributed by atoms with Crippen LogP contribution in [0.3, 0.4) is 0 Å². The van der Waals surface area contributed by atoms with Crippen molar-refractivity contribution >= 4 is 5.69 Å². The summed E-state index contributed by atoms with van der Waals surface area (Å²) in [6.45, 7) is 1.59. The fourth-order valence-electron chi connectivity index (χ4n) is 1.86. The highest BCUT2D eigenvalue weighted by molar-refractivity contribution is 5.50. The summed E-state index contributed by atoms with van der Waals surface area (Å²) in [6.07, 6.45) is 0. The topological polar surface area (TPSA) is 35.8 Å². The van der Waals surface area contributed by atoms with Crippen LogP contribution in [-0.2, 0) is 0 Å². The fourth-order valence-corrected chi connectivity index (χ4v) is 1.86. The summed E-state index contributed by atoms with van der Waals surface area (Å²) in [5.74, 6) is -1.75. The summed E-state index contributed by atoms with van der Waals surface area (Å²) >= 11 is 0. The lowest BCUT2D eigenvalue weighted by Crippen LogP contribution is -2.10. The first-order chi connectivity index (χ1) is 9.51. The molecule has 2 aromatic rings. The van der Waals surface area contributed by atoms with Gasteiger partial charge in [0.25, 0.3) is 0 Å². The molecule has 2 aromatic carbocycles. The highest BCUT2D eigenvalue weighted by atomic mass is 19.1. The van der Waals surface area contributed by atoms with Crippen LogP contribution < -0.4 is 5.32 Å². The van der Waals surface area contributed by atoms with Crippen molar-refractivity contribution in [2.45, 2.75) is 13.0 Å². The van der Waals surface area contributed by atoms with Gasteiger partial charge in [-0.2, -0.15) is 5.26 Å². The molecule has 0 aliphatic heterocycles. The number of rotatable bonds is 3. The molecule has 20 heavy (non-hydrogen) atoms. The number of anilines is 1. The summed E-state index contributed by atoms with van der Waals surface area (Å²) in [7, 11) is 0. The zero-order valence-electron chi connectivity index (χ0n) is 10.6. The van der Waals surface area contributed by atoms with E-state index in [9.17, 15) is 13.2 Å². The SMILES string of the molecule is CC(Nc1ccc(C#N)cc1F)c1cc(F)ccc1F. The third-order valence-electron chi connectivity index (χ3n) is 2.89. The van der Waals surface area contributed by atoms with Gasteiger partial charge < -0.3 is 5.32 Å². The van der Waals surface area contributed by atoms with Gasteiger partial charge in [-0.05, 0) is 43.3 Å². The van der Waals surface area contributed by atoms with Gasteiger partial charge in [-0.3, -0.25) is 0 Å². The van der Waals surface area contributed by atoms with E-state index in [0.29, 0.717) is 0 Å². The predicted molar refractivity (Wildman–Crippen MR) is 69.5 cm³/mol. The van der Waals surface area contributed by atoms with Crippen molar-refractivity contribution in [1.29, 1.82) is 5.26 Å². The van der Waals surface area contributed by atoms with E-state index in [1.165, 1.54) is 12.1 Å². The van der Waals surface area contributed by atoms with Crippen molar-refractivity contribution < 1.29 is 13.2 Å². The van der Waals surface area contributed by atoms with Gasteiger partial charge in [0.1, 0.15) is 17.5 Å². The molecule has 0 bridgehead atoms. The molecule has 0 saturated carbocycles. The maximum atomic E-state index is 13.7. The molecule has 5 heteroatoms. The van der Waals surface area contributed by atoms with Crippen LogP contribution in [0.4, 0.5) is 18.9 Å². The standard InChI is InChI=1S/C15H11F3N2/c1-9(12-7-11(16)3-4-13(12)17)20-15-5-2-10(8-19)6-14(15)18/h2-7,9,20H,1H3. The minimum absolute atomic E-state index is 0.105. The minimum Gasteiger partial charge on any atom is -0.376 e. The molecule has 0 radical (unpaired) electrons. The maximum absolute atomic E-state index is 13.7. The Kier molecular flexibility index (Phi) is 3.94. The van der Waals surface area contributed by atoms with Crippen LogP contribution in [0.15, 0.2) is 36.4 Å². The Morgan fingerprint density at radius 3 is 2.45 bits per heavy atom. The summed E-state index contributed by atoms with van der Waals surface area (Å²) in [5.41, 5.74) is 0.423. The van der Waals surface area contributed by atoms with Gasteiger partial charge in [-0.1, -0.05) is 0 Å². The molecule has 0 heterocycles. The van der Waals surface area contributed by atoms with Gasteiger partial charge in [0.15, 0.2) is 0 Å². The number of hydrogen-bond acceptors (Lipinski definition) is 2. The number of halogens is 3. The third kappa shape index (κ3) is 2.91. The van der Waals surface area contributed by atoms with Crippen LogP contribution in [0, 0.1) is 28.8 Å². The maximum Gasteiger partial charge on any atom is 0.147 e. The monoisotopic (exact) mass is 276 g/mol. The average Bonchev–Trinajstić information content (AvgIpc) is 2.43. The second kappa shape index (κ2) is 5.66. The molecule has 0 aromatic heterocycles. The molecule has 0 saturated heterocycles. The van der Waals surface area contributed by atoms with E-state index in [1.54, 1.807) is 6.92 Å². The van der Waals surface area contributed by atoms with Crippen molar-refractivity contribution in [3.8, 4) is 6.07 Å². The van der Waals surface area contributed by atoms with Crippen molar-refractivity contribution in [1.82, 2.24) is 0 Å². The van der Waals surface area contributed by atoms with Crippen molar-refractivity contribution in [2.75, 3.05) is 5.32 Å².